The first kappa shape index (κ1) is 11.1. The van der Waals surface area contributed by atoms with Gasteiger partial charge in [-0.25, -0.2) is 5.43 Å². The lowest BCUT2D eigenvalue weighted by molar-refractivity contribution is 0.416. The maximum absolute atomic E-state index is 5.56. The van der Waals surface area contributed by atoms with Crippen LogP contribution in [-0.2, 0) is 7.05 Å². The minimum Gasteiger partial charge on any atom is -0.496 e. The number of methoxy groups -OCH3 is 1. The molecule has 1 atom stereocenters. The Labute approximate surface area is 97.8 Å². The number of hydrogen-bond donors (Lipinski definition) is 2. The summed E-state index contributed by atoms with van der Waals surface area (Å²) in [4.78, 5) is 1.08. The van der Waals surface area contributed by atoms with E-state index < -0.39 is 0 Å². The van der Waals surface area contributed by atoms with Gasteiger partial charge in [0.05, 0.1) is 18.8 Å². The minimum absolute atomic E-state index is 0.0879. The summed E-state index contributed by atoms with van der Waals surface area (Å²) < 4.78 is 6.90. The molecule has 5 nitrogen and oxygen atoms in total. The fourth-order valence-corrected chi connectivity index (χ4v) is 2.42. The molecule has 3 N–H and O–H groups in total. The molecule has 0 saturated carbocycles. The lowest BCUT2D eigenvalue weighted by Crippen LogP contribution is -2.28. The molecule has 6 heteroatoms. The van der Waals surface area contributed by atoms with Crippen molar-refractivity contribution in [2.45, 2.75) is 6.04 Å². The molecule has 0 amide bonds. The van der Waals surface area contributed by atoms with Crippen LogP contribution in [0.15, 0.2) is 23.7 Å². The summed E-state index contributed by atoms with van der Waals surface area (Å²) in [5.41, 5.74) is 3.66. The Bertz CT molecular complexity index is 465. The molecular weight excluding hydrogens is 224 g/mol. The fourth-order valence-electron chi connectivity index (χ4n) is 1.49. The maximum atomic E-state index is 5.56. The third kappa shape index (κ3) is 2.08. The molecule has 0 fully saturated rings. The van der Waals surface area contributed by atoms with Crippen LogP contribution in [0.1, 0.15) is 16.6 Å². The monoisotopic (exact) mass is 238 g/mol. The molecule has 2 rings (SSSR count). The molecule has 0 aromatic carbocycles. The van der Waals surface area contributed by atoms with Crippen LogP contribution in [0.3, 0.4) is 0 Å². The van der Waals surface area contributed by atoms with E-state index in [0.717, 1.165) is 16.3 Å². The predicted molar refractivity (Wildman–Crippen MR) is 63.2 cm³/mol. The van der Waals surface area contributed by atoms with Gasteiger partial charge in [-0.15, -0.1) is 11.3 Å². The van der Waals surface area contributed by atoms with Gasteiger partial charge >= 0.3 is 0 Å². The molecule has 2 aromatic heterocycles. The zero-order chi connectivity index (χ0) is 11.5. The first-order chi connectivity index (χ1) is 7.74. The van der Waals surface area contributed by atoms with Gasteiger partial charge in [-0.1, -0.05) is 0 Å². The van der Waals surface area contributed by atoms with Gasteiger partial charge in [-0.2, -0.15) is 5.10 Å². The van der Waals surface area contributed by atoms with E-state index >= 15 is 0 Å². The highest BCUT2D eigenvalue weighted by Crippen LogP contribution is 2.29. The molecule has 0 bridgehead atoms. The summed E-state index contributed by atoms with van der Waals surface area (Å²) in [5.74, 6) is 6.41. The first-order valence-corrected chi connectivity index (χ1v) is 5.70. The summed E-state index contributed by atoms with van der Waals surface area (Å²) in [5, 5.41) is 6.28. The smallest absolute Gasteiger partial charge is 0.129 e. The molecule has 0 aliphatic heterocycles. The Morgan fingerprint density at radius 2 is 2.44 bits per heavy atom. The van der Waals surface area contributed by atoms with Gasteiger partial charge in [-0.05, 0) is 12.1 Å². The molecule has 0 radical (unpaired) electrons. The molecule has 0 saturated heterocycles. The van der Waals surface area contributed by atoms with E-state index in [1.165, 1.54) is 0 Å². The fraction of sp³-hybridized carbons (Fsp3) is 0.300. The number of aryl methyl sites for hydroxylation is 1. The van der Waals surface area contributed by atoms with Gasteiger partial charge in [-0.3, -0.25) is 10.5 Å². The van der Waals surface area contributed by atoms with Crippen LogP contribution in [0.25, 0.3) is 0 Å². The first-order valence-electron chi connectivity index (χ1n) is 4.82. The number of thiophene rings is 1. The van der Waals surface area contributed by atoms with Gasteiger partial charge < -0.3 is 4.74 Å². The summed E-state index contributed by atoms with van der Waals surface area (Å²) in [6, 6.07) is 3.82. The zero-order valence-electron chi connectivity index (χ0n) is 9.18. The second-order valence-electron chi connectivity index (χ2n) is 3.40. The Kier molecular flexibility index (Phi) is 3.23. The van der Waals surface area contributed by atoms with Crippen LogP contribution < -0.4 is 16.0 Å². The van der Waals surface area contributed by atoms with Gasteiger partial charge in [0, 0.05) is 23.5 Å². The van der Waals surface area contributed by atoms with Crippen LogP contribution >= 0.6 is 11.3 Å². The van der Waals surface area contributed by atoms with Crippen LogP contribution in [0.2, 0.25) is 0 Å². The van der Waals surface area contributed by atoms with E-state index in [9.17, 15) is 0 Å². The Balaban J connectivity index is 2.28. The lowest BCUT2D eigenvalue weighted by atomic mass is 10.2. The summed E-state index contributed by atoms with van der Waals surface area (Å²) in [6.07, 6.45) is 1.89. The average Bonchev–Trinajstić information content (AvgIpc) is 2.89. The predicted octanol–water partition coefficient (Wildman–Crippen LogP) is 1.04. The van der Waals surface area contributed by atoms with Gasteiger partial charge in [0.25, 0.3) is 0 Å². The minimum atomic E-state index is -0.0879. The standard InChI is InChI=1S/C10H14N4OS/c1-14-4-3-8(13-14)10(12-11)9-5-7(15-2)6-16-9/h3-6,10,12H,11H2,1-2H3. The molecule has 0 aliphatic carbocycles. The van der Waals surface area contributed by atoms with Crippen molar-refractivity contribution in [3.05, 3.63) is 34.3 Å². The van der Waals surface area contributed by atoms with Crippen molar-refractivity contribution < 1.29 is 4.74 Å². The van der Waals surface area contributed by atoms with Gasteiger partial charge in [0.15, 0.2) is 0 Å². The molecule has 1 unspecified atom stereocenters. The third-order valence-corrected chi connectivity index (χ3v) is 3.29. The highest BCUT2D eigenvalue weighted by molar-refractivity contribution is 7.10. The molecule has 2 heterocycles. The van der Waals surface area contributed by atoms with E-state index in [1.807, 2.05) is 30.8 Å². The van der Waals surface area contributed by atoms with Crippen LogP contribution in [-0.4, -0.2) is 16.9 Å². The number of hydrazine groups is 1. The maximum Gasteiger partial charge on any atom is 0.129 e. The molecule has 0 aliphatic rings. The Morgan fingerprint density at radius 1 is 1.62 bits per heavy atom. The van der Waals surface area contributed by atoms with Crippen molar-refractivity contribution in [2.24, 2.45) is 12.9 Å². The number of nitrogens with two attached hydrogens (primary N) is 1. The van der Waals surface area contributed by atoms with Gasteiger partial charge in [0.1, 0.15) is 5.75 Å². The summed E-state index contributed by atoms with van der Waals surface area (Å²) in [6.45, 7) is 0. The van der Waals surface area contributed by atoms with E-state index in [0.29, 0.717) is 0 Å². The van der Waals surface area contributed by atoms with Crippen LogP contribution in [0, 0.1) is 0 Å². The van der Waals surface area contributed by atoms with Crippen molar-refractivity contribution in [1.29, 1.82) is 0 Å². The average molecular weight is 238 g/mol. The van der Waals surface area contributed by atoms with E-state index in [-0.39, 0.29) is 6.04 Å². The van der Waals surface area contributed by atoms with Crippen molar-refractivity contribution >= 4 is 11.3 Å². The normalized spacial score (nSPS) is 12.7. The van der Waals surface area contributed by atoms with Gasteiger partial charge in [0.2, 0.25) is 0 Å². The zero-order valence-corrected chi connectivity index (χ0v) is 9.99. The summed E-state index contributed by atoms with van der Waals surface area (Å²) in [7, 11) is 3.53. The van der Waals surface area contributed by atoms with Crippen LogP contribution in [0.4, 0.5) is 0 Å². The Morgan fingerprint density at radius 3 is 2.94 bits per heavy atom. The lowest BCUT2D eigenvalue weighted by Gasteiger charge is -2.10. The topological polar surface area (TPSA) is 65.1 Å². The molecular formula is C10H14N4OS. The SMILES string of the molecule is COc1csc(C(NN)c2ccn(C)n2)c1. The molecule has 16 heavy (non-hydrogen) atoms. The second-order valence-corrected chi connectivity index (χ2v) is 4.35. The number of nitrogens with one attached hydrogen (secondary N) is 1. The number of nitrogens with zero attached hydrogens (tertiary/aromatic N) is 2. The van der Waals surface area contributed by atoms with Crippen molar-refractivity contribution in [1.82, 2.24) is 15.2 Å². The molecule has 2 aromatic rings. The van der Waals surface area contributed by atoms with Crippen molar-refractivity contribution in [3.8, 4) is 5.75 Å². The van der Waals surface area contributed by atoms with E-state index in [4.69, 9.17) is 10.6 Å². The number of rotatable bonds is 4. The Hall–Kier alpha value is -1.37. The third-order valence-electron chi connectivity index (χ3n) is 2.31. The number of hydrogen-bond acceptors (Lipinski definition) is 5. The van der Waals surface area contributed by atoms with E-state index in [1.54, 1.807) is 23.1 Å². The van der Waals surface area contributed by atoms with Crippen molar-refractivity contribution in [2.75, 3.05) is 7.11 Å². The quantitative estimate of drug-likeness (QED) is 0.617. The molecule has 86 valence electrons. The highest BCUT2D eigenvalue weighted by atomic mass is 32.1. The summed E-state index contributed by atoms with van der Waals surface area (Å²) >= 11 is 1.59. The number of aromatic nitrogens is 2. The highest BCUT2D eigenvalue weighted by Gasteiger charge is 2.17. The van der Waals surface area contributed by atoms with Crippen molar-refractivity contribution in [3.63, 3.8) is 0 Å². The number of ether oxygens (including phenoxy) is 1. The second kappa shape index (κ2) is 4.65. The van der Waals surface area contributed by atoms with Crippen LogP contribution in [0.5, 0.6) is 5.75 Å². The molecule has 0 spiro atoms. The largest absolute Gasteiger partial charge is 0.496 e. The van der Waals surface area contributed by atoms with E-state index in [2.05, 4.69) is 10.5 Å².